The fourth-order valence-electron chi connectivity index (χ4n) is 2.95. The van der Waals surface area contributed by atoms with Crippen LogP contribution in [-0.4, -0.2) is 12.9 Å². The van der Waals surface area contributed by atoms with E-state index in [0.717, 1.165) is 17.7 Å². The summed E-state index contributed by atoms with van der Waals surface area (Å²) in [4.78, 5) is 12.6. The number of methoxy groups -OCH3 is 1. The first-order valence-corrected chi connectivity index (χ1v) is 7.88. The van der Waals surface area contributed by atoms with Crippen LogP contribution in [-0.2, 0) is 0 Å². The molecule has 0 spiro atoms. The first-order valence-electron chi connectivity index (χ1n) is 7.88. The van der Waals surface area contributed by atoms with Crippen LogP contribution in [0.5, 0.6) is 5.75 Å². The Morgan fingerprint density at radius 1 is 1.05 bits per heavy atom. The number of carbonyl (C=O) groups is 1. The molecule has 1 aliphatic carbocycles. The average Bonchev–Trinajstić information content (AvgIpc) is 3.35. The third-order valence-corrected chi connectivity index (χ3v) is 4.53. The Kier molecular flexibility index (Phi) is 4.02. The number of hydrogen-bond donors (Lipinski definition) is 0. The van der Waals surface area contributed by atoms with Gasteiger partial charge in [0.15, 0.2) is 5.78 Å². The highest BCUT2D eigenvalue weighted by Crippen LogP contribution is 2.49. The van der Waals surface area contributed by atoms with E-state index in [0.29, 0.717) is 11.8 Å². The first-order chi connectivity index (χ1) is 10.6. The van der Waals surface area contributed by atoms with Gasteiger partial charge in [0, 0.05) is 11.5 Å². The smallest absolute Gasteiger partial charge is 0.166 e. The van der Waals surface area contributed by atoms with E-state index in [1.807, 2.05) is 24.3 Å². The van der Waals surface area contributed by atoms with E-state index in [2.05, 4.69) is 38.1 Å². The summed E-state index contributed by atoms with van der Waals surface area (Å²) in [6.07, 6.45) is 0.955. The van der Waals surface area contributed by atoms with Crippen LogP contribution >= 0.6 is 0 Å². The van der Waals surface area contributed by atoms with Gasteiger partial charge < -0.3 is 4.74 Å². The second-order valence-corrected chi connectivity index (χ2v) is 6.36. The summed E-state index contributed by atoms with van der Waals surface area (Å²) in [6.45, 7) is 4.33. The van der Waals surface area contributed by atoms with E-state index in [-0.39, 0.29) is 11.7 Å². The van der Waals surface area contributed by atoms with Crippen LogP contribution in [0.3, 0.4) is 0 Å². The Morgan fingerprint density at radius 3 is 2.23 bits per heavy atom. The molecule has 2 aromatic carbocycles. The van der Waals surface area contributed by atoms with Gasteiger partial charge in [0.2, 0.25) is 0 Å². The minimum absolute atomic E-state index is 0.137. The molecule has 3 rings (SSSR count). The molecule has 0 radical (unpaired) electrons. The minimum atomic E-state index is 0.137. The van der Waals surface area contributed by atoms with Crippen LogP contribution in [0.2, 0.25) is 0 Å². The summed E-state index contributed by atoms with van der Waals surface area (Å²) >= 11 is 0. The predicted molar refractivity (Wildman–Crippen MR) is 88.7 cm³/mol. The SMILES string of the molecule is COc1ccc(C2CC2C(=O)c2ccc(C(C)C)cc2)cc1. The van der Waals surface area contributed by atoms with E-state index in [1.54, 1.807) is 7.11 Å². The molecule has 0 saturated heterocycles. The maximum absolute atomic E-state index is 12.6. The molecule has 1 aliphatic rings. The number of ketones is 1. The van der Waals surface area contributed by atoms with Gasteiger partial charge >= 0.3 is 0 Å². The van der Waals surface area contributed by atoms with Crippen LogP contribution in [0.15, 0.2) is 48.5 Å². The second kappa shape index (κ2) is 5.96. The highest BCUT2D eigenvalue weighted by atomic mass is 16.5. The van der Waals surface area contributed by atoms with Crippen molar-refractivity contribution >= 4 is 5.78 Å². The summed E-state index contributed by atoms with van der Waals surface area (Å²) in [5.41, 5.74) is 3.35. The van der Waals surface area contributed by atoms with E-state index in [1.165, 1.54) is 11.1 Å². The Balaban J connectivity index is 1.69. The van der Waals surface area contributed by atoms with Gasteiger partial charge in [-0.15, -0.1) is 0 Å². The molecule has 2 heteroatoms. The molecule has 1 fully saturated rings. The molecule has 2 nitrogen and oxygen atoms in total. The number of ether oxygens (including phenoxy) is 1. The molecular formula is C20H22O2. The lowest BCUT2D eigenvalue weighted by molar-refractivity contribution is 0.0965. The lowest BCUT2D eigenvalue weighted by atomic mass is 9.98. The number of carbonyl (C=O) groups excluding carboxylic acids is 1. The lowest BCUT2D eigenvalue weighted by Crippen LogP contribution is -2.03. The molecule has 2 atom stereocenters. The predicted octanol–water partition coefficient (Wildman–Crippen LogP) is 4.81. The molecular weight excluding hydrogens is 272 g/mol. The summed E-state index contributed by atoms with van der Waals surface area (Å²) in [7, 11) is 1.67. The van der Waals surface area contributed by atoms with Crippen molar-refractivity contribution in [3.8, 4) is 5.75 Å². The van der Waals surface area contributed by atoms with E-state index >= 15 is 0 Å². The van der Waals surface area contributed by atoms with Crippen molar-refractivity contribution in [2.24, 2.45) is 5.92 Å². The summed E-state index contributed by atoms with van der Waals surface area (Å²) in [5.74, 6) is 2.13. The molecule has 0 aromatic heterocycles. The van der Waals surface area contributed by atoms with E-state index < -0.39 is 0 Å². The fourth-order valence-corrected chi connectivity index (χ4v) is 2.95. The highest BCUT2D eigenvalue weighted by Gasteiger charge is 2.43. The quantitative estimate of drug-likeness (QED) is 0.740. The standard InChI is InChI=1S/C20H22O2/c1-13(2)14-4-6-16(7-5-14)20(21)19-12-18(19)15-8-10-17(22-3)11-9-15/h4-11,13,18-19H,12H2,1-3H3. The summed E-state index contributed by atoms with van der Waals surface area (Å²) in [6, 6.07) is 16.2. The van der Waals surface area contributed by atoms with Crippen molar-refractivity contribution in [1.82, 2.24) is 0 Å². The largest absolute Gasteiger partial charge is 0.497 e. The zero-order valence-corrected chi connectivity index (χ0v) is 13.4. The summed E-state index contributed by atoms with van der Waals surface area (Å²) < 4.78 is 5.18. The number of rotatable bonds is 5. The van der Waals surface area contributed by atoms with E-state index in [4.69, 9.17) is 4.74 Å². The maximum Gasteiger partial charge on any atom is 0.166 e. The van der Waals surface area contributed by atoms with Crippen molar-refractivity contribution in [1.29, 1.82) is 0 Å². The second-order valence-electron chi connectivity index (χ2n) is 6.36. The zero-order chi connectivity index (χ0) is 15.7. The first kappa shape index (κ1) is 14.8. The molecule has 0 bridgehead atoms. The maximum atomic E-state index is 12.6. The average molecular weight is 294 g/mol. The molecule has 2 unspecified atom stereocenters. The summed E-state index contributed by atoms with van der Waals surface area (Å²) in [5, 5.41) is 0. The molecule has 0 aliphatic heterocycles. The van der Waals surface area contributed by atoms with Crippen molar-refractivity contribution < 1.29 is 9.53 Å². The number of benzene rings is 2. The van der Waals surface area contributed by atoms with Crippen LogP contribution in [0.4, 0.5) is 0 Å². The Labute approximate surface area is 132 Å². The van der Waals surface area contributed by atoms with Crippen LogP contribution in [0.1, 0.15) is 53.6 Å². The van der Waals surface area contributed by atoms with Crippen molar-refractivity contribution in [3.63, 3.8) is 0 Å². The molecule has 0 amide bonds. The molecule has 114 valence electrons. The van der Waals surface area contributed by atoms with Gasteiger partial charge in [-0.3, -0.25) is 4.79 Å². The van der Waals surface area contributed by atoms with Crippen molar-refractivity contribution in [2.45, 2.75) is 32.1 Å². The van der Waals surface area contributed by atoms with Gasteiger partial charge in [-0.05, 0) is 41.5 Å². The van der Waals surface area contributed by atoms with Gasteiger partial charge in [0.25, 0.3) is 0 Å². The van der Waals surface area contributed by atoms with Crippen LogP contribution < -0.4 is 4.74 Å². The third kappa shape index (κ3) is 2.92. The van der Waals surface area contributed by atoms with Crippen molar-refractivity contribution in [2.75, 3.05) is 7.11 Å². The van der Waals surface area contributed by atoms with E-state index in [9.17, 15) is 4.79 Å². The fraction of sp³-hybridized carbons (Fsp3) is 0.350. The lowest BCUT2D eigenvalue weighted by Gasteiger charge is -2.06. The normalized spacial score (nSPS) is 20.0. The number of hydrogen-bond acceptors (Lipinski definition) is 2. The van der Waals surface area contributed by atoms with Gasteiger partial charge in [0.1, 0.15) is 5.75 Å². The molecule has 22 heavy (non-hydrogen) atoms. The molecule has 2 aromatic rings. The van der Waals surface area contributed by atoms with Gasteiger partial charge in [-0.25, -0.2) is 0 Å². The van der Waals surface area contributed by atoms with Gasteiger partial charge in [0.05, 0.1) is 7.11 Å². The monoisotopic (exact) mass is 294 g/mol. The zero-order valence-electron chi connectivity index (χ0n) is 13.4. The highest BCUT2D eigenvalue weighted by molar-refractivity contribution is 6.00. The molecule has 0 heterocycles. The third-order valence-electron chi connectivity index (χ3n) is 4.53. The Morgan fingerprint density at radius 2 is 1.68 bits per heavy atom. The molecule has 1 saturated carbocycles. The van der Waals surface area contributed by atoms with Gasteiger partial charge in [-0.2, -0.15) is 0 Å². The topological polar surface area (TPSA) is 26.3 Å². The number of Topliss-reactive ketones (excluding diaryl/α,β-unsaturated/α-hetero) is 1. The van der Waals surface area contributed by atoms with Crippen LogP contribution in [0.25, 0.3) is 0 Å². The Hall–Kier alpha value is -2.09. The van der Waals surface area contributed by atoms with Crippen molar-refractivity contribution in [3.05, 3.63) is 65.2 Å². The Bertz CT molecular complexity index is 653. The molecule has 0 N–H and O–H groups in total. The minimum Gasteiger partial charge on any atom is -0.497 e. The van der Waals surface area contributed by atoms with Gasteiger partial charge in [-0.1, -0.05) is 50.2 Å². The van der Waals surface area contributed by atoms with Crippen LogP contribution in [0, 0.1) is 5.92 Å².